The Balaban J connectivity index is 0.000000845. The first-order valence-corrected chi connectivity index (χ1v) is 3.95. The van der Waals surface area contributed by atoms with E-state index in [0.29, 0.717) is 11.8 Å². The van der Waals surface area contributed by atoms with Gasteiger partial charge in [-0.2, -0.15) is 0 Å². The number of allylic oxidation sites excluding steroid dienone is 1. The number of hydrogen-bond donors (Lipinski definition) is 2. The molecule has 72 valence electrons. The molecule has 2 bridgehead atoms. The van der Waals surface area contributed by atoms with E-state index in [1.165, 1.54) is 5.57 Å². The lowest BCUT2D eigenvalue weighted by molar-refractivity contribution is 0.398. The molecule has 1 atom stereocenters. The standard InChI is InChI=1S/C9H12N2O.ClH/c1-11(2)5-6-7-3-4-8(12)9(6)10-7;/h3-5,7,10,12H,1-2H3;1H. The first-order valence-electron chi connectivity index (χ1n) is 3.95. The Morgan fingerprint density at radius 1 is 1.54 bits per heavy atom. The number of fused-ring (bicyclic) bond motifs is 1. The molecule has 0 aromatic rings. The van der Waals surface area contributed by atoms with E-state index < -0.39 is 0 Å². The van der Waals surface area contributed by atoms with Crippen molar-refractivity contribution in [1.29, 1.82) is 0 Å². The second-order valence-corrected chi connectivity index (χ2v) is 3.29. The van der Waals surface area contributed by atoms with Gasteiger partial charge < -0.3 is 15.3 Å². The van der Waals surface area contributed by atoms with E-state index in [1.54, 1.807) is 6.08 Å². The van der Waals surface area contributed by atoms with E-state index in [1.807, 2.05) is 31.3 Å². The van der Waals surface area contributed by atoms with Gasteiger partial charge >= 0.3 is 0 Å². The van der Waals surface area contributed by atoms with Crippen LogP contribution in [0.15, 0.2) is 35.4 Å². The fraction of sp³-hybridized carbons (Fsp3) is 0.333. The van der Waals surface area contributed by atoms with E-state index in [4.69, 9.17) is 0 Å². The number of nitrogens with one attached hydrogen (secondary N) is 1. The van der Waals surface area contributed by atoms with Crippen LogP contribution in [0.1, 0.15) is 0 Å². The molecule has 2 aliphatic heterocycles. The molecule has 1 fully saturated rings. The molecule has 0 radical (unpaired) electrons. The van der Waals surface area contributed by atoms with Gasteiger partial charge in [0, 0.05) is 25.9 Å². The van der Waals surface area contributed by atoms with Crippen LogP contribution in [0.5, 0.6) is 0 Å². The Morgan fingerprint density at radius 2 is 2.23 bits per heavy atom. The monoisotopic (exact) mass is 200 g/mol. The van der Waals surface area contributed by atoms with Crippen molar-refractivity contribution in [2.45, 2.75) is 6.04 Å². The van der Waals surface area contributed by atoms with Crippen LogP contribution < -0.4 is 5.32 Å². The molecule has 0 saturated carbocycles. The highest BCUT2D eigenvalue weighted by molar-refractivity contribution is 5.85. The van der Waals surface area contributed by atoms with Crippen LogP contribution in [0.4, 0.5) is 0 Å². The molecule has 1 saturated heterocycles. The molecule has 2 heterocycles. The van der Waals surface area contributed by atoms with Crippen LogP contribution in [0.2, 0.25) is 0 Å². The highest BCUT2D eigenvalue weighted by atomic mass is 35.5. The molecule has 0 aromatic heterocycles. The van der Waals surface area contributed by atoms with Gasteiger partial charge in [0.25, 0.3) is 0 Å². The van der Waals surface area contributed by atoms with E-state index in [2.05, 4.69) is 5.32 Å². The third-order valence-corrected chi connectivity index (χ3v) is 2.02. The van der Waals surface area contributed by atoms with Crippen LogP contribution in [0, 0.1) is 0 Å². The average Bonchev–Trinajstić information content (AvgIpc) is 1.99. The highest BCUT2D eigenvalue weighted by Gasteiger charge is 2.32. The number of halogens is 1. The van der Waals surface area contributed by atoms with E-state index in [9.17, 15) is 5.11 Å². The zero-order chi connectivity index (χ0) is 8.72. The van der Waals surface area contributed by atoms with Crippen LogP contribution in [0.3, 0.4) is 0 Å². The fourth-order valence-electron chi connectivity index (χ4n) is 1.46. The molecular formula is C9H13ClN2O. The van der Waals surface area contributed by atoms with Crippen molar-refractivity contribution in [3.8, 4) is 0 Å². The van der Waals surface area contributed by atoms with Gasteiger partial charge in [0.15, 0.2) is 0 Å². The Labute approximate surface area is 83.8 Å². The van der Waals surface area contributed by atoms with Gasteiger partial charge in [0.2, 0.25) is 0 Å². The van der Waals surface area contributed by atoms with Gasteiger partial charge in [-0.1, -0.05) is 6.08 Å². The largest absolute Gasteiger partial charge is 0.506 e. The third kappa shape index (κ3) is 1.52. The fourth-order valence-corrected chi connectivity index (χ4v) is 1.46. The summed E-state index contributed by atoms with van der Waals surface area (Å²) in [5.41, 5.74) is 2.04. The molecule has 0 amide bonds. The van der Waals surface area contributed by atoms with E-state index >= 15 is 0 Å². The van der Waals surface area contributed by atoms with E-state index in [0.717, 1.165) is 5.70 Å². The van der Waals surface area contributed by atoms with Crippen molar-refractivity contribution < 1.29 is 5.11 Å². The molecule has 0 spiro atoms. The average molecular weight is 201 g/mol. The van der Waals surface area contributed by atoms with Crippen molar-refractivity contribution in [3.63, 3.8) is 0 Å². The number of aliphatic hydroxyl groups is 1. The lowest BCUT2D eigenvalue weighted by Crippen LogP contribution is -2.45. The summed E-state index contributed by atoms with van der Waals surface area (Å²) < 4.78 is 0. The minimum atomic E-state index is 0. The molecule has 2 N–H and O–H groups in total. The topological polar surface area (TPSA) is 35.5 Å². The third-order valence-electron chi connectivity index (χ3n) is 2.02. The minimum Gasteiger partial charge on any atom is -0.506 e. The number of aliphatic hydroxyl groups excluding tert-OH is 1. The highest BCUT2D eigenvalue weighted by Crippen LogP contribution is 2.31. The van der Waals surface area contributed by atoms with Gasteiger partial charge in [-0.25, -0.2) is 0 Å². The van der Waals surface area contributed by atoms with Crippen molar-refractivity contribution in [1.82, 2.24) is 10.2 Å². The van der Waals surface area contributed by atoms with E-state index in [-0.39, 0.29) is 12.4 Å². The maximum Gasteiger partial charge on any atom is 0.138 e. The smallest absolute Gasteiger partial charge is 0.138 e. The molecule has 3 aliphatic rings. The Hall–Kier alpha value is -1.09. The van der Waals surface area contributed by atoms with Crippen molar-refractivity contribution in [2.24, 2.45) is 0 Å². The van der Waals surface area contributed by atoms with Crippen LogP contribution in [-0.2, 0) is 0 Å². The van der Waals surface area contributed by atoms with Crippen LogP contribution in [-0.4, -0.2) is 30.1 Å². The Kier molecular flexibility index (Phi) is 2.57. The van der Waals surface area contributed by atoms with Crippen molar-refractivity contribution in [3.05, 3.63) is 35.4 Å². The summed E-state index contributed by atoms with van der Waals surface area (Å²) in [6, 6.07) is 0.304. The van der Waals surface area contributed by atoms with Crippen LogP contribution in [0.25, 0.3) is 0 Å². The molecule has 13 heavy (non-hydrogen) atoms. The second-order valence-electron chi connectivity index (χ2n) is 3.29. The maximum atomic E-state index is 9.37. The molecule has 1 aliphatic carbocycles. The molecule has 0 aromatic carbocycles. The molecule has 4 heteroatoms. The number of hydrogen-bond acceptors (Lipinski definition) is 3. The molecular weight excluding hydrogens is 188 g/mol. The minimum absolute atomic E-state index is 0. The quantitative estimate of drug-likeness (QED) is 0.667. The predicted octanol–water partition coefficient (Wildman–Crippen LogP) is 1.16. The summed E-state index contributed by atoms with van der Waals surface area (Å²) in [5.74, 6) is 0.339. The first kappa shape index (κ1) is 9.99. The second kappa shape index (κ2) is 3.34. The number of nitrogens with zero attached hydrogens (tertiary/aromatic N) is 1. The van der Waals surface area contributed by atoms with Gasteiger partial charge in [-0.05, 0) is 6.08 Å². The van der Waals surface area contributed by atoms with Crippen molar-refractivity contribution in [2.75, 3.05) is 14.1 Å². The maximum absolute atomic E-state index is 9.37. The van der Waals surface area contributed by atoms with Crippen LogP contribution >= 0.6 is 12.4 Å². The SMILES string of the molecule is CN(C)C=C1C2=C(O)C=CC1N2.Cl. The molecule has 3 nitrogen and oxygen atoms in total. The Bertz CT molecular complexity index is 305. The first-order chi connectivity index (χ1) is 5.68. The number of rotatable bonds is 1. The summed E-state index contributed by atoms with van der Waals surface area (Å²) in [7, 11) is 3.95. The zero-order valence-corrected chi connectivity index (χ0v) is 8.43. The lowest BCUT2D eigenvalue weighted by Gasteiger charge is -2.37. The normalized spacial score (nSPS) is 26.3. The summed E-state index contributed by atoms with van der Waals surface area (Å²) >= 11 is 0. The van der Waals surface area contributed by atoms with Gasteiger partial charge in [0.05, 0.1) is 11.7 Å². The van der Waals surface area contributed by atoms with Gasteiger partial charge in [-0.3, -0.25) is 0 Å². The summed E-state index contributed by atoms with van der Waals surface area (Å²) in [6.07, 6.45) is 5.72. The number of dihydropyridines is 1. The van der Waals surface area contributed by atoms with Gasteiger partial charge in [0.1, 0.15) is 5.76 Å². The summed E-state index contributed by atoms with van der Waals surface area (Å²) in [5, 5.41) is 12.5. The Morgan fingerprint density at radius 3 is 2.69 bits per heavy atom. The van der Waals surface area contributed by atoms with Gasteiger partial charge in [-0.15, -0.1) is 12.4 Å². The zero-order valence-electron chi connectivity index (χ0n) is 7.61. The summed E-state index contributed by atoms with van der Waals surface area (Å²) in [4.78, 5) is 1.98. The lowest BCUT2D eigenvalue weighted by atomic mass is 9.89. The molecule has 3 rings (SSSR count). The summed E-state index contributed by atoms with van der Waals surface area (Å²) in [6.45, 7) is 0. The van der Waals surface area contributed by atoms with Crippen molar-refractivity contribution >= 4 is 12.4 Å². The molecule has 1 unspecified atom stereocenters. The predicted molar refractivity (Wildman–Crippen MR) is 54.7 cm³/mol.